The molecule has 0 saturated carbocycles. The van der Waals surface area contributed by atoms with Gasteiger partial charge in [0.25, 0.3) is 0 Å². The Labute approximate surface area is 552 Å². The Balaban J connectivity index is 0.000000127. The Morgan fingerprint density at radius 1 is 0.495 bits per heavy atom. The molecule has 23 nitrogen and oxygen atoms in total. The van der Waals surface area contributed by atoms with Crippen molar-refractivity contribution in [3.05, 3.63) is 176 Å². The van der Waals surface area contributed by atoms with Gasteiger partial charge in [-0.25, -0.2) is 43.9 Å². The summed E-state index contributed by atoms with van der Waals surface area (Å²) in [5, 5.41) is 28.6. The first-order valence-corrected chi connectivity index (χ1v) is 33.3. The number of carbonyl (C=O) groups is 3. The molecular weight excluding hydrogens is 1280 g/mol. The summed E-state index contributed by atoms with van der Waals surface area (Å²) in [4.78, 5) is 72.1. The van der Waals surface area contributed by atoms with Gasteiger partial charge in [-0.05, 0) is 92.2 Å². The molecule has 15 rings (SSSR count). The zero-order chi connectivity index (χ0) is 64.4. The molecule has 12 heterocycles. The van der Waals surface area contributed by atoms with Gasteiger partial charge in [-0.1, -0.05) is 91.0 Å². The van der Waals surface area contributed by atoms with E-state index in [-0.39, 0.29) is 35.1 Å². The number of aromatic nitrogens is 20. The first kappa shape index (κ1) is 62.3. The Kier molecular flexibility index (Phi) is 18.1. The fourth-order valence-electron chi connectivity index (χ4n) is 12.4. The molecule has 472 valence electrons. The van der Waals surface area contributed by atoms with Gasteiger partial charge in [0.15, 0.2) is 34.8 Å². The summed E-state index contributed by atoms with van der Waals surface area (Å²) < 4.78 is 16.1. The molecule has 0 aliphatic carbocycles. The third-order valence-corrected chi connectivity index (χ3v) is 19.5. The van der Waals surface area contributed by atoms with Crippen LogP contribution in [0.15, 0.2) is 120 Å². The van der Waals surface area contributed by atoms with Crippen LogP contribution >= 0.6 is 38.8 Å². The van der Waals surface area contributed by atoms with E-state index in [1.54, 1.807) is 64.3 Å². The largest absolute Gasteiger partial charge is 0.292 e. The normalized spacial score (nSPS) is 15.7. The second-order valence-corrected chi connectivity index (χ2v) is 27.1. The van der Waals surface area contributed by atoms with Crippen molar-refractivity contribution in [2.45, 2.75) is 105 Å². The molecule has 3 aromatic carbocycles. The Hall–Kier alpha value is -9.53. The Morgan fingerprint density at radius 3 is 1.28 bits per heavy atom. The van der Waals surface area contributed by atoms with Crippen molar-refractivity contribution in [1.82, 2.24) is 97.9 Å². The molecular formula is C67H67BrN20O3S2. The van der Waals surface area contributed by atoms with Crippen LogP contribution in [0.1, 0.15) is 110 Å². The summed E-state index contributed by atoms with van der Waals surface area (Å²) in [7, 11) is 5.42. The minimum atomic E-state index is 0.0731. The highest BCUT2D eigenvalue weighted by Crippen LogP contribution is 2.37. The van der Waals surface area contributed by atoms with E-state index in [0.717, 1.165) is 163 Å². The lowest BCUT2D eigenvalue weighted by Crippen LogP contribution is -2.23. The number of fused-ring (bicyclic) bond motifs is 3. The van der Waals surface area contributed by atoms with Crippen LogP contribution in [0.2, 0.25) is 0 Å². The van der Waals surface area contributed by atoms with Crippen molar-refractivity contribution in [3.8, 4) is 67.2 Å². The molecule has 3 unspecified atom stereocenters. The van der Waals surface area contributed by atoms with Gasteiger partial charge in [0.2, 0.25) is 0 Å². The quantitative estimate of drug-likeness (QED) is 0.0864. The molecule has 0 radical (unpaired) electrons. The summed E-state index contributed by atoms with van der Waals surface area (Å²) in [6.45, 7) is 9.94. The number of carbonyl (C=O) groups excluding carboxylic acids is 3. The van der Waals surface area contributed by atoms with Crippen LogP contribution in [0.3, 0.4) is 0 Å². The standard InChI is InChI=1S/C24H25N7O.C22H21BrN6OS.C21H21N7OS/c1-15-13-25-16(2)22(27-15)19-14-26-30(3)23(19)20(32)11-17-9-10-31-21(12-17)28-24(29-31)18-7-5-4-6-8-18;1-13-25-19(21(23)31-13)16-12-24-28(2)20(16)17(30)10-14-8-9-29-18(11-14)26-22(27-29)15-6-4-3-5-7-15;1-13-23-21(30-26-13)16-12-22-27(2)19(16)17(29)10-14-8-9-28-18(11-14)24-20(25-28)15-6-4-3-5-7-15/h4-8,13-14,17H,9-12H2,1-3H3;3-7,12,14H,8-11H2,1-2H3;3-7,12,14H,8-11H2,1-2H3. The molecule has 0 amide bonds. The van der Waals surface area contributed by atoms with Crippen LogP contribution in [0, 0.1) is 45.4 Å². The van der Waals surface area contributed by atoms with Crippen molar-refractivity contribution in [2.75, 3.05) is 0 Å². The molecule has 0 bridgehead atoms. The van der Waals surface area contributed by atoms with E-state index in [0.29, 0.717) is 42.2 Å². The van der Waals surface area contributed by atoms with Gasteiger partial charge in [-0.2, -0.15) is 35.0 Å². The number of aryl methyl sites for hydroxylation is 10. The smallest absolute Gasteiger partial charge is 0.181 e. The van der Waals surface area contributed by atoms with Crippen molar-refractivity contribution >= 4 is 56.1 Å². The maximum atomic E-state index is 13.4. The van der Waals surface area contributed by atoms with Gasteiger partial charge in [0.1, 0.15) is 45.4 Å². The first-order chi connectivity index (χ1) is 45.1. The minimum Gasteiger partial charge on any atom is -0.292 e. The minimum absolute atomic E-state index is 0.0731. The number of ketones is 3. The molecule has 3 atom stereocenters. The maximum Gasteiger partial charge on any atom is 0.181 e. The lowest BCUT2D eigenvalue weighted by Gasteiger charge is -2.21. The number of hydrogen-bond donors (Lipinski definition) is 0. The van der Waals surface area contributed by atoms with Crippen LogP contribution in [0.25, 0.3) is 67.2 Å². The van der Waals surface area contributed by atoms with E-state index in [2.05, 4.69) is 70.8 Å². The average Bonchev–Trinajstić information content (AvgIpc) is 1.73. The Bertz CT molecular complexity index is 4690. The second-order valence-electron chi connectivity index (χ2n) is 23.8. The number of halogens is 1. The fourth-order valence-corrected chi connectivity index (χ4v) is 14.7. The summed E-state index contributed by atoms with van der Waals surface area (Å²) in [6.07, 6.45) is 13.2. The average molecular weight is 1340 g/mol. The summed E-state index contributed by atoms with van der Waals surface area (Å²) in [5.41, 5.74) is 10.2. The van der Waals surface area contributed by atoms with Crippen LogP contribution in [-0.2, 0) is 60.0 Å². The third kappa shape index (κ3) is 13.6. The van der Waals surface area contributed by atoms with Crippen LogP contribution in [-0.4, -0.2) is 115 Å². The Morgan fingerprint density at radius 2 is 0.892 bits per heavy atom. The van der Waals surface area contributed by atoms with Crippen LogP contribution < -0.4 is 0 Å². The first-order valence-electron chi connectivity index (χ1n) is 30.9. The summed E-state index contributed by atoms with van der Waals surface area (Å²) >= 11 is 6.43. The van der Waals surface area contributed by atoms with Crippen molar-refractivity contribution in [3.63, 3.8) is 0 Å². The molecule has 9 aromatic heterocycles. The number of nitrogens with zero attached hydrogens (tertiary/aromatic N) is 20. The van der Waals surface area contributed by atoms with Crippen molar-refractivity contribution in [2.24, 2.45) is 38.9 Å². The highest BCUT2D eigenvalue weighted by atomic mass is 79.9. The molecule has 26 heteroatoms. The topological polar surface area (TPSA) is 261 Å². The predicted octanol–water partition coefficient (Wildman–Crippen LogP) is 11.6. The monoisotopic (exact) mass is 1340 g/mol. The molecule has 0 N–H and O–H groups in total. The second kappa shape index (κ2) is 27.0. The fraction of sp³-hybridized carbons (Fsp3) is 0.328. The lowest BCUT2D eigenvalue weighted by molar-refractivity contribution is 0.0935. The van der Waals surface area contributed by atoms with E-state index in [1.807, 2.05) is 140 Å². The molecule has 93 heavy (non-hydrogen) atoms. The molecule has 3 aliphatic heterocycles. The maximum absolute atomic E-state index is 13.4. The highest BCUT2D eigenvalue weighted by molar-refractivity contribution is 9.11. The van der Waals surface area contributed by atoms with Gasteiger partial charge < -0.3 is 0 Å². The molecule has 12 aromatic rings. The third-order valence-electron chi connectivity index (χ3n) is 17.1. The van der Waals surface area contributed by atoms with Gasteiger partial charge in [-0.3, -0.25) is 33.4 Å². The van der Waals surface area contributed by atoms with Gasteiger partial charge in [0.05, 0.1) is 66.9 Å². The van der Waals surface area contributed by atoms with E-state index in [9.17, 15) is 14.4 Å². The van der Waals surface area contributed by atoms with Gasteiger partial charge >= 0.3 is 0 Å². The SMILES string of the molecule is Cc1cnc(C)c(-c2cnn(C)c2C(=O)CC2CCn3nc(-c4ccccc4)nc3C2)n1.Cc1nc(-c2cnn(C)c2C(=O)CC2CCn3nc(-c4ccccc4)nc3C2)c(Br)s1.Cc1nsc(-c2cnn(C)c2C(=O)CC2CCn3nc(-c4ccccc4)nc3C2)n1. The number of rotatable bonds is 15. The van der Waals surface area contributed by atoms with Gasteiger partial charge in [-0.15, -0.1) is 11.3 Å². The number of thiazole rings is 1. The van der Waals surface area contributed by atoms with Gasteiger partial charge in [0, 0.05) is 102 Å². The van der Waals surface area contributed by atoms with E-state index in [1.165, 1.54) is 11.5 Å². The zero-order valence-electron chi connectivity index (χ0n) is 52.6. The van der Waals surface area contributed by atoms with E-state index >= 15 is 0 Å². The molecule has 0 spiro atoms. The van der Waals surface area contributed by atoms with Crippen molar-refractivity contribution < 1.29 is 14.4 Å². The molecule has 0 fully saturated rings. The van der Waals surface area contributed by atoms with E-state index < -0.39 is 0 Å². The van der Waals surface area contributed by atoms with Crippen LogP contribution in [0.5, 0.6) is 0 Å². The van der Waals surface area contributed by atoms with Crippen molar-refractivity contribution in [1.29, 1.82) is 0 Å². The predicted molar refractivity (Wildman–Crippen MR) is 356 cm³/mol. The number of Topliss-reactive ketones (excluding diaryl/α,β-unsaturated/α-hetero) is 3. The highest BCUT2D eigenvalue weighted by Gasteiger charge is 2.32. The lowest BCUT2D eigenvalue weighted by atomic mass is 9.90. The van der Waals surface area contributed by atoms with Crippen LogP contribution in [0.4, 0.5) is 0 Å². The molecule has 0 saturated heterocycles. The summed E-state index contributed by atoms with van der Waals surface area (Å²) in [6, 6.07) is 30.0. The number of benzene rings is 3. The number of hydrogen-bond acceptors (Lipinski definition) is 19. The molecule has 3 aliphatic rings. The zero-order valence-corrected chi connectivity index (χ0v) is 55.8. The summed E-state index contributed by atoms with van der Waals surface area (Å²) in [5.74, 6) is 6.72. The van der Waals surface area contributed by atoms with E-state index in [4.69, 9.17) is 15.0 Å².